The van der Waals surface area contributed by atoms with Crippen LogP contribution >= 0.6 is 0 Å². The van der Waals surface area contributed by atoms with Gasteiger partial charge in [-0.3, -0.25) is 4.79 Å². The van der Waals surface area contributed by atoms with Gasteiger partial charge in [0.1, 0.15) is 5.82 Å². The SMILES string of the molecule is Nc1cc(F)cc(C(=O)NC2CC3CCC2C3)c1. The van der Waals surface area contributed by atoms with Crippen LogP contribution in [0.25, 0.3) is 0 Å². The van der Waals surface area contributed by atoms with E-state index in [-0.39, 0.29) is 17.6 Å². The van der Waals surface area contributed by atoms with Crippen molar-refractivity contribution in [2.75, 3.05) is 5.73 Å². The van der Waals surface area contributed by atoms with Crippen LogP contribution in [0, 0.1) is 17.7 Å². The summed E-state index contributed by atoms with van der Waals surface area (Å²) >= 11 is 0. The molecule has 1 aromatic carbocycles. The van der Waals surface area contributed by atoms with Crippen LogP contribution in [0.5, 0.6) is 0 Å². The molecule has 0 aliphatic heterocycles. The molecule has 1 amide bonds. The molecule has 96 valence electrons. The zero-order valence-corrected chi connectivity index (χ0v) is 10.2. The maximum absolute atomic E-state index is 13.2. The van der Waals surface area contributed by atoms with Crippen LogP contribution < -0.4 is 11.1 Å². The maximum atomic E-state index is 13.2. The molecule has 0 aromatic heterocycles. The molecule has 3 nitrogen and oxygen atoms in total. The van der Waals surface area contributed by atoms with Gasteiger partial charge in [-0.15, -0.1) is 0 Å². The van der Waals surface area contributed by atoms with Gasteiger partial charge in [-0.05, 0) is 49.3 Å². The van der Waals surface area contributed by atoms with Crippen molar-refractivity contribution in [2.45, 2.75) is 31.7 Å². The zero-order chi connectivity index (χ0) is 12.7. The highest BCUT2D eigenvalue weighted by Gasteiger charge is 2.40. The number of rotatable bonds is 2. The lowest BCUT2D eigenvalue weighted by atomic mass is 9.95. The Morgan fingerprint density at radius 1 is 1.28 bits per heavy atom. The number of halogens is 1. The molecule has 3 unspecified atom stereocenters. The summed E-state index contributed by atoms with van der Waals surface area (Å²) < 4.78 is 13.2. The highest BCUT2D eigenvalue weighted by atomic mass is 19.1. The second-order valence-electron chi connectivity index (χ2n) is 5.53. The summed E-state index contributed by atoms with van der Waals surface area (Å²) in [5.41, 5.74) is 6.15. The number of nitrogens with one attached hydrogen (secondary N) is 1. The number of amides is 1. The predicted molar refractivity (Wildman–Crippen MR) is 67.5 cm³/mol. The number of fused-ring (bicyclic) bond motifs is 2. The van der Waals surface area contributed by atoms with Crippen LogP contribution in [0.1, 0.15) is 36.0 Å². The third kappa shape index (κ3) is 2.07. The average Bonchev–Trinajstić information content (AvgIpc) is 2.89. The summed E-state index contributed by atoms with van der Waals surface area (Å²) in [6.07, 6.45) is 4.81. The van der Waals surface area contributed by atoms with Gasteiger partial charge in [-0.1, -0.05) is 6.42 Å². The van der Waals surface area contributed by atoms with Gasteiger partial charge in [0.2, 0.25) is 0 Å². The molecule has 0 radical (unpaired) electrons. The molecule has 3 atom stereocenters. The third-order valence-electron chi connectivity index (χ3n) is 4.24. The molecule has 3 N–H and O–H groups in total. The van der Waals surface area contributed by atoms with Crippen molar-refractivity contribution < 1.29 is 9.18 Å². The number of benzene rings is 1. The smallest absolute Gasteiger partial charge is 0.251 e. The van der Waals surface area contributed by atoms with E-state index in [1.54, 1.807) is 0 Å². The van der Waals surface area contributed by atoms with E-state index in [1.165, 1.54) is 37.5 Å². The van der Waals surface area contributed by atoms with Crippen LogP contribution in [-0.4, -0.2) is 11.9 Å². The van der Waals surface area contributed by atoms with Gasteiger partial charge in [0.25, 0.3) is 5.91 Å². The first-order valence-electron chi connectivity index (χ1n) is 6.49. The molecule has 18 heavy (non-hydrogen) atoms. The minimum absolute atomic E-state index is 0.209. The quantitative estimate of drug-likeness (QED) is 0.789. The number of nitrogen functional groups attached to an aromatic ring is 1. The normalized spacial score (nSPS) is 29.5. The number of hydrogen-bond acceptors (Lipinski definition) is 2. The van der Waals surface area contributed by atoms with E-state index < -0.39 is 5.82 Å². The van der Waals surface area contributed by atoms with Crippen molar-refractivity contribution in [3.8, 4) is 0 Å². The summed E-state index contributed by atoms with van der Waals surface area (Å²) in [5, 5.41) is 3.02. The van der Waals surface area contributed by atoms with Crippen LogP contribution in [0.2, 0.25) is 0 Å². The lowest BCUT2D eigenvalue weighted by Crippen LogP contribution is -2.38. The largest absolute Gasteiger partial charge is 0.399 e. The van der Waals surface area contributed by atoms with Crippen LogP contribution in [0.15, 0.2) is 18.2 Å². The lowest BCUT2D eigenvalue weighted by molar-refractivity contribution is 0.0922. The molecule has 3 rings (SSSR count). The summed E-state index contributed by atoms with van der Waals surface area (Å²) in [5.74, 6) is 0.717. The number of carbonyl (C=O) groups excluding carboxylic acids is 1. The highest BCUT2D eigenvalue weighted by Crippen LogP contribution is 2.44. The number of carbonyl (C=O) groups is 1. The van der Waals surface area contributed by atoms with Crippen molar-refractivity contribution in [1.29, 1.82) is 0 Å². The Morgan fingerprint density at radius 3 is 2.72 bits per heavy atom. The molecular weight excluding hydrogens is 231 g/mol. The van der Waals surface area contributed by atoms with Crippen LogP contribution in [-0.2, 0) is 0 Å². The Morgan fingerprint density at radius 2 is 2.11 bits per heavy atom. The molecule has 2 aliphatic rings. The van der Waals surface area contributed by atoms with E-state index in [4.69, 9.17) is 5.73 Å². The molecular formula is C14H17FN2O. The molecule has 0 heterocycles. The first-order valence-corrected chi connectivity index (χ1v) is 6.49. The number of anilines is 1. The van der Waals surface area contributed by atoms with Gasteiger partial charge in [-0.2, -0.15) is 0 Å². The standard InChI is InChI=1S/C14H17FN2O/c15-11-5-10(6-12(16)7-11)14(18)17-13-4-8-1-2-9(13)3-8/h5-9,13H,1-4,16H2,(H,17,18). The summed E-state index contributed by atoms with van der Waals surface area (Å²) in [6, 6.07) is 4.24. The fraction of sp³-hybridized carbons (Fsp3) is 0.500. The first kappa shape index (κ1) is 11.5. The summed E-state index contributed by atoms with van der Waals surface area (Å²) in [6.45, 7) is 0. The van der Waals surface area contributed by atoms with E-state index >= 15 is 0 Å². The number of nitrogens with two attached hydrogens (primary N) is 1. The maximum Gasteiger partial charge on any atom is 0.251 e. The van der Waals surface area contributed by atoms with Gasteiger partial charge >= 0.3 is 0 Å². The van der Waals surface area contributed by atoms with Crippen LogP contribution in [0.4, 0.5) is 10.1 Å². The van der Waals surface area contributed by atoms with Gasteiger partial charge in [0.05, 0.1) is 0 Å². The minimum Gasteiger partial charge on any atom is -0.399 e. The van der Waals surface area contributed by atoms with Gasteiger partial charge in [0.15, 0.2) is 0 Å². The molecule has 2 saturated carbocycles. The van der Waals surface area contributed by atoms with Gasteiger partial charge in [-0.25, -0.2) is 4.39 Å². The molecule has 1 aromatic rings. The zero-order valence-electron chi connectivity index (χ0n) is 10.2. The fourth-order valence-electron chi connectivity index (χ4n) is 3.42. The Labute approximate surface area is 106 Å². The van der Waals surface area contributed by atoms with Crippen LogP contribution in [0.3, 0.4) is 0 Å². The molecule has 2 fully saturated rings. The van der Waals surface area contributed by atoms with E-state index in [0.29, 0.717) is 11.5 Å². The van der Waals surface area contributed by atoms with Crippen molar-refractivity contribution in [2.24, 2.45) is 11.8 Å². The Kier molecular flexibility index (Phi) is 2.73. The Bertz CT molecular complexity index is 468. The van der Waals surface area contributed by atoms with Gasteiger partial charge < -0.3 is 11.1 Å². The Hall–Kier alpha value is -1.58. The van der Waals surface area contributed by atoms with Crippen molar-refractivity contribution in [3.05, 3.63) is 29.6 Å². The Balaban J connectivity index is 1.71. The monoisotopic (exact) mass is 248 g/mol. The van der Waals surface area contributed by atoms with E-state index in [9.17, 15) is 9.18 Å². The first-order chi connectivity index (χ1) is 8.61. The second-order valence-corrected chi connectivity index (χ2v) is 5.53. The molecule has 2 aliphatic carbocycles. The van der Waals surface area contributed by atoms with E-state index in [2.05, 4.69) is 5.32 Å². The molecule has 4 heteroatoms. The number of hydrogen-bond donors (Lipinski definition) is 2. The van der Waals surface area contributed by atoms with Crippen molar-refractivity contribution >= 4 is 11.6 Å². The molecule has 0 saturated heterocycles. The van der Waals surface area contributed by atoms with Crippen molar-refractivity contribution in [1.82, 2.24) is 5.32 Å². The lowest BCUT2D eigenvalue weighted by Gasteiger charge is -2.22. The molecule has 0 spiro atoms. The topological polar surface area (TPSA) is 55.1 Å². The van der Waals surface area contributed by atoms with Crippen molar-refractivity contribution in [3.63, 3.8) is 0 Å². The predicted octanol–water partition coefficient (Wildman–Crippen LogP) is 2.33. The fourth-order valence-corrected chi connectivity index (χ4v) is 3.42. The average molecular weight is 248 g/mol. The van der Waals surface area contributed by atoms with E-state index in [1.807, 2.05) is 0 Å². The minimum atomic E-state index is -0.465. The van der Waals surface area contributed by atoms with E-state index in [0.717, 1.165) is 12.3 Å². The van der Waals surface area contributed by atoms with Gasteiger partial charge in [0, 0.05) is 17.3 Å². The highest BCUT2D eigenvalue weighted by molar-refractivity contribution is 5.95. The second kappa shape index (κ2) is 4.26. The summed E-state index contributed by atoms with van der Waals surface area (Å²) in [4.78, 5) is 12.0. The summed E-state index contributed by atoms with van der Waals surface area (Å²) in [7, 11) is 0. The third-order valence-corrected chi connectivity index (χ3v) is 4.24. The molecule has 2 bridgehead atoms.